The van der Waals surface area contributed by atoms with Gasteiger partial charge in [0.25, 0.3) is 15.7 Å². The van der Waals surface area contributed by atoms with E-state index in [1.165, 1.54) is 16.9 Å². The topological polar surface area (TPSA) is 132 Å². The molecule has 0 bridgehead atoms. The van der Waals surface area contributed by atoms with Gasteiger partial charge in [-0.15, -0.1) is 10.2 Å². The predicted octanol–water partition coefficient (Wildman–Crippen LogP) is 3.15. The molecule has 29 heavy (non-hydrogen) atoms. The Morgan fingerprint density at radius 1 is 1.07 bits per heavy atom. The Labute approximate surface area is 169 Å². The molecule has 0 radical (unpaired) electrons. The molecule has 12 heteroatoms. The molecule has 4 rings (SSSR count). The second-order valence-corrected chi connectivity index (χ2v) is 7.96. The van der Waals surface area contributed by atoms with E-state index in [0.29, 0.717) is 11.3 Å². The van der Waals surface area contributed by atoms with Gasteiger partial charge < -0.3 is 0 Å². The zero-order chi connectivity index (χ0) is 20.6. The number of non-ortho nitro benzene ring substituents is 1. The number of hydrogen-bond acceptors (Lipinski definition) is 7. The van der Waals surface area contributed by atoms with Crippen LogP contribution in [-0.2, 0) is 10.0 Å². The fourth-order valence-electron chi connectivity index (χ4n) is 2.61. The van der Waals surface area contributed by atoms with Crippen molar-refractivity contribution in [3.05, 3.63) is 76.1 Å². The van der Waals surface area contributed by atoms with Gasteiger partial charge in [-0.3, -0.25) is 14.8 Å². The zero-order valence-corrected chi connectivity index (χ0v) is 16.0. The number of anilines is 1. The number of rotatable bonds is 5. The van der Waals surface area contributed by atoms with Crippen LogP contribution < -0.4 is 4.72 Å². The second kappa shape index (κ2) is 7.11. The molecule has 2 aromatic carbocycles. The van der Waals surface area contributed by atoms with Gasteiger partial charge in [-0.2, -0.15) is 9.61 Å². The van der Waals surface area contributed by atoms with Gasteiger partial charge in [-0.05, 0) is 30.3 Å². The van der Waals surface area contributed by atoms with E-state index in [2.05, 4.69) is 20.0 Å². The monoisotopic (exact) mass is 430 g/mol. The maximum Gasteiger partial charge on any atom is 0.270 e. The lowest BCUT2D eigenvalue weighted by Crippen LogP contribution is -2.13. The summed E-state index contributed by atoms with van der Waals surface area (Å²) in [7, 11) is -4.12. The highest BCUT2D eigenvalue weighted by Crippen LogP contribution is 2.28. The molecule has 0 spiro atoms. The van der Waals surface area contributed by atoms with E-state index in [1.807, 2.05) is 0 Å². The Morgan fingerprint density at radius 3 is 2.55 bits per heavy atom. The minimum atomic E-state index is -4.12. The van der Waals surface area contributed by atoms with Crippen LogP contribution in [0.3, 0.4) is 0 Å². The molecule has 0 fully saturated rings. The van der Waals surface area contributed by atoms with Crippen LogP contribution in [-0.4, -0.2) is 33.2 Å². The number of halogens is 1. The summed E-state index contributed by atoms with van der Waals surface area (Å²) < 4.78 is 29.1. The van der Waals surface area contributed by atoms with Crippen molar-refractivity contribution in [2.45, 2.75) is 4.90 Å². The summed E-state index contributed by atoms with van der Waals surface area (Å²) in [6.45, 7) is 0. The van der Waals surface area contributed by atoms with E-state index in [-0.39, 0.29) is 21.3 Å². The van der Waals surface area contributed by atoms with Crippen molar-refractivity contribution in [2.24, 2.45) is 0 Å². The normalized spacial score (nSPS) is 11.5. The average Bonchev–Trinajstić information content (AvgIpc) is 3.16. The number of nitrogens with one attached hydrogen (secondary N) is 1. The van der Waals surface area contributed by atoms with Gasteiger partial charge in [0.05, 0.1) is 15.6 Å². The molecule has 0 saturated carbocycles. The van der Waals surface area contributed by atoms with Crippen LogP contribution in [0.25, 0.3) is 16.9 Å². The van der Waals surface area contributed by atoms with Gasteiger partial charge in [0.2, 0.25) is 0 Å². The highest BCUT2D eigenvalue weighted by atomic mass is 35.5. The number of benzene rings is 2. The fraction of sp³-hybridized carbons (Fsp3) is 0. The summed E-state index contributed by atoms with van der Waals surface area (Å²) in [6, 6.07) is 13.2. The summed E-state index contributed by atoms with van der Waals surface area (Å²) in [4.78, 5) is 9.85. The molecule has 0 aliphatic heterocycles. The highest BCUT2D eigenvalue weighted by molar-refractivity contribution is 7.92. The zero-order valence-electron chi connectivity index (χ0n) is 14.4. The van der Waals surface area contributed by atoms with E-state index < -0.39 is 14.9 Å². The van der Waals surface area contributed by atoms with Gasteiger partial charge in [-0.25, -0.2) is 8.42 Å². The fourth-order valence-corrected chi connectivity index (χ4v) is 4.19. The number of sulfonamides is 1. The molecule has 4 aromatic rings. The van der Waals surface area contributed by atoms with E-state index in [4.69, 9.17) is 11.6 Å². The van der Waals surface area contributed by atoms with E-state index in [1.54, 1.807) is 36.4 Å². The molecule has 2 heterocycles. The van der Waals surface area contributed by atoms with Crippen LogP contribution in [0.2, 0.25) is 5.02 Å². The Bertz CT molecular complexity index is 1340. The quantitative estimate of drug-likeness (QED) is 0.379. The summed E-state index contributed by atoms with van der Waals surface area (Å²) in [5, 5.41) is 22.8. The Morgan fingerprint density at radius 2 is 1.83 bits per heavy atom. The van der Waals surface area contributed by atoms with E-state index in [9.17, 15) is 18.5 Å². The first kappa shape index (κ1) is 18.8. The van der Waals surface area contributed by atoms with Crippen molar-refractivity contribution in [1.29, 1.82) is 0 Å². The van der Waals surface area contributed by atoms with Crippen molar-refractivity contribution >= 4 is 38.6 Å². The first-order chi connectivity index (χ1) is 13.8. The third kappa shape index (κ3) is 3.73. The second-order valence-electron chi connectivity index (χ2n) is 5.91. The maximum absolute atomic E-state index is 12.6. The molecule has 2 aromatic heterocycles. The highest BCUT2D eigenvalue weighted by Gasteiger charge is 2.21. The minimum absolute atomic E-state index is 0.119. The molecule has 0 aliphatic rings. The maximum atomic E-state index is 12.6. The molecule has 1 N–H and O–H groups in total. The molecule has 0 amide bonds. The molecule has 146 valence electrons. The van der Waals surface area contributed by atoms with E-state index >= 15 is 0 Å². The van der Waals surface area contributed by atoms with Crippen molar-refractivity contribution in [2.75, 3.05) is 4.72 Å². The van der Waals surface area contributed by atoms with Crippen molar-refractivity contribution in [3.63, 3.8) is 0 Å². The van der Waals surface area contributed by atoms with Gasteiger partial charge in [0.1, 0.15) is 11.2 Å². The summed E-state index contributed by atoms with van der Waals surface area (Å²) in [6.07, 6.45) is 1.48. The van der Waals surface area contributed by atoms with Crippen LogP contribution in [0.5, 0.6) is 0 Å². The number of nitrogens with zero attached hydrogens (tertiary/aromatic N) is 5. The number of nitro groups is 1. The largest absolute Gasteiger partial charge is 0.280 e. The standard InChI is InChI=1S/C17H11ClN6O4S/c18-14-6-5-13(24(25)26)9-16(14)29(27,28)22-12-3-1-11(2-4-12)15-7-8-17-20-19-10-23(17)21-15/h1-10,22H. The lowest BCUT2D eigenvalue weighted by molar-refractivity contribution is -0.385. The van der Waals surface area contributed by atoms with Crippen LogP contribution in [0.1, 0.15) is 0 Å². The van der Waals surface area contributed by atoms with Gasteiger partial charge in [0, 0.05) is 23.4 Å². The van der Waals surface area contributed by atoms with Crippen molar-refractivity contribution in [3.8, 4) is 11.3 Å². The molecule has 0 atom stereocenters. The van der Waals surface area contributed by atoms with Crippen LogP contribution >= 0.6 is 11.6 Å². The molecular formula is C17H11ClN6O4S. The molecule has 0 saturated heterocycles. The predicted molar refractivity (Wildman–Crippen MR) is 105 cm³/mol. The first-order valence-corrected chi connectivity index (χ1v) is 9.94. The molecule has 0 unspecified atom stereocenters. The molecular weight excluding hydrogens is 420 g/mol. The lowest BCUT2D eigenvalue weighted by atomic mass is 10.1. The number of hydrogen-bond donors (Lipinski definition) is 1. The van der Waals surface area contributed by atoms with Gasteiger partial charge >= 0.3 is 0 Å². The number of aromatic nitrogens is 4. The van der Waals surface area contributed by atoms with Crippen LogP contribution in [0.4, 0.5) is 11.4 Å². The van der Waals surface area contributed by atoms with Crippen molar-refractivity contribution < 1.29 is 13.3 Å². The third-order valence-electron chi connectivity index (χ3n) is 4.01. The smallest absolute Gasteiger partial charge is 0.270 e. The SMILES string of the molecule is O=[N+]([O-])c1ccc(Cl)c(S(=O)(=O)Nc2ccc(-c3ccc4nncn4n3)cc2)c1. The lowest BCUT2D eigenvalue weighted by Gasteiger charge is -2.10. The first-order valence-electron chi connectivity index (χ1n) is 8.08. The summed E-state index contributed by atoms with van der Waals surface area (Å²) in [5.41, 5.74) is 1.89. The average molecular weight is 431 g/mol. The Hall–Kier alpha value is -3.57. The van der Waals surface area contributed by atoms with Gasteiger partial charge in [0.15, 0.2) is 5.65 Å². The number of nitro benzene ring substituents is 1. The van der Waals surface area contributed by atoms with Crippen molar-refractivity contribution in [1.82, 2.24) is 19.8 Å². The third-order valence-corrected chi connectivity index (χ3v) is 5.87. The van der Waals surface area contributed by atoms with Crippen LogP contribution in [0, 0.1) is 10.1 Å². The van der Waals surface area contributed by atoms with Crippen LogP contribution in [0.15, 0.2) is 65.8 Å². The molecule has 10 nitrogen and oxygen atoms in total. The number of fused-ring (bicyclic) bond motifs is 1. The van der Waals surface area contributed by atoms with E-state index in [0.717, 1.165) is 17.7 Å². The summed E-state index contributed by atoms with van der Waals surface area (Å²) in [5.74, 6) is 0. The minimum Gasteiger partial charge on any atom is -0.280 e. The Balaban J connectivity index is 1.61. The summed E-state index contributed by atoms with van der Waals surface area (Å²) >= 11 is 5.93. The van der Waals surface area contributed by atoms with Gasteiger partial charge in [-0.1, -0.05) is 23.7 Å². The molecule has 0 aliphatic carbocycles. The Kier molecular flexibility index (Phi) is 4.60.